The van der Waals surface area contributed by atoms with E-state index >= 15 is 0 Å². The molecule has 1 aromatic heterocycles. The predicted molar refractivity (Wildman–Crippen MR) is 85.0 cm³/mol. The average molecular weight is 283 g/mol. The lowest BCUT2D eigenvalue weighted by Gasteiger charge is -2.26. The van der Waals surface area contributed by atoms with Crippen LogP contribution in [0.3, 0.4) is 0 Å². The lowest BCUT2D eigenvalue weighted by Crippen LogP contribution is -2.32. The van der Waals surface area contributed by atoms with E-state index in [-0.39, 0.29) is 5.60 Å². The molecule has 1 aromatic rings. The van der Waals surface area contributed by atoms with Gasteiger partial charge in [-0.2, -0.15) is 0 Å². The molecule has 3 heteroatoms. The third-order valence-electron chi connectivity index (χ3n) is 3.70. The van der Waals surface area contributed by atoms with Gasteiger partial charge in [0.1, 0.15) is 0 Å². The summed E-state index contributed by atoms with van der Waals surface area (Å²) < 4.78 is 5.50. The lowest BCUT2D eigenvalue weighted by molar-refractivity contribution is 0.0115. The van der Waals surface area contributed by atoms with E-state index in [9.17, 15) is 0 Å². The molecule has 0 aliphatic carbocycles. The summed E-state index contributed by atoms with van der Waals surface area (Å²) in [5.74, 6) is 0. The van der Waals surface area contributed by atoms with Crippen LogP contribution >= 0.6 is 11.3 Å². The van der Waals surface area contributed by atoms with Gasteiger partial charge in [0.05, 0.1) is 5.60 Å². The van der Waals surface area contributed by atoms with Gasteiger partial charge in [-0.3, -0.25) is 0 Å². The summed E-state index contributed by atoms with van der Waals surface area (Å²) >= 11 is 1.87. The number of hydrogen-bond acceptors (Lipinski definition) is 3. The minimum atomic E-state index is 0.00141. The van der Waals surface area contributed by atoms with Crippen molar-refractivity contribution in [2.45, 2.75) is 64.5 Å². The third kappa shape index (κ3) is 7.09. The quantitative estimate of drug-likeness (QED) is 0.693. The van der Waals surface area contributed by atoms with Crippen LogP contribution in [0, 0.1) is 0 Å². The summed E-state index contributed by atoms with van der Waals surface area (Å²) in [5.41, 5.74) is 0.00141. The van der Waals surface area contributed by atoms with Gasteiger partial charge in [0.2, 0.25) is 0 Å². The Hall–Kier alpha value is -0.380. The molecule has 0 fully saturated rings. The van der Waals surface area contributed by atoms with Crippen molar-refractivity contribution in [2.75, 3.05) is 13.7 Å². The van der Waals surface area contributed by atoms with Crippen LogP contribution in [0.15, 0.2) is 17.5 Å². The van der Waals surface area contributed by atoms with Crippen LogP contribution in [0.1, 0.15) is 51.3 Å². The van der Waals surface area contributed by atoms with E-state index in [2.05, 4.69) is 43.6 Å². The molecule has 19 heavy (non-hydrogen) atoms. The molecule has 0 aliphatic rings. The van der Waals surface area contributed by atoms with Crippen molar-refractivity contribution in [1.29, 1.82) is 0 Å². The minimum Gasteiger partial charge on any atom is -0.379 e. The summed E-state index contributed by atoms with van der Waals surface area (Å²) in [5, 5.41) is 5.77. The van der Waals surface area contributed by atoms with Gasteiger partial charge in [-0.25, -0.2) is 0 Å². The van der Waals surface area contributed by atoms with Gasteiger partial charge in [0.25, 0.3) is 0 Å². The fraction of sp³-hybridized carbons (Fsp3) is 0.750. The summed E-state index contributed by atoms with van der Waals surface area (Å²) in [6, 6.07) is 5.00. The Morgan fingerprint density at radius 2 is 2.16 bits per heavy atom. The van der Waals surface area contributed by atoms with Crippen LogP contribution in [0.5, 0.6) is 0 Å². The van der Waals surface area contributed by atoms with E-state index in [1.807, 2.05) is 11.3 Å². The fourth-order valence-corrected chi connectivity index (χ4v) is 2.99. The molecule has 1 N–H and O–H groups in total. The second kappa shape index (κ2) is 8.72. The minimum absolute atomic E-state index is 0.00141. The second-order valence-corrected chi connectivity index (χ2v) is 6.76. The molecule has 0 aliphatic heterocycles. The highest BCUT2D eigenvalue weighted by molar-refractivity contribution is 7.09. The molecule has 2 nitrogen and oxygen atoms in total. The maximum atomic E-state index is 5.50. The zero-order chi connectivity index (χ0) is 14.1. The van der Waals surface area contributed by atoms with E-state index in [1.165, 1.54) is 30.6 Å². The molecule has 1 heterocycles. The van der Waals surface area contributed by atoms with Gasteiger partial charge in [0.15, 0.2) is 0 Å². The molecule has 1 unspecified atom stereocenters. The third-order valence-corrected chi connectivity index (χ3v) is 4.63. The van der Waals surface area contributed by atoms with Crippen molar-refractivity contribution in [3.63, 3.8) is 0 Å². The van der Waals surface area contributed by atoms with E-state index < -0.39 is 0 Å². The van der Waals surface area contributed by atoms with E-state index in [4.69, 9.17) is 4.74 Å². The van der Waals surface area contributed by atoms with E-state index in [0.717, 1.165) is 13.0 Å². The summed E-state index contributed by atoms with van der Waals surface area (Å²) in [6.07, 6.45) is 6.05. The Bertz CT molecular complexity index is 321. The molecule has 110 valence electrons. The SMILES string of the molecule is CCNC(CCCc1cccs1)CCC(C)(C)OC. The zero-order valence-corrected chi connectivity index (χ0v) is 13.7. The molecule has 0 saturated heterocycles. The topological polar surface area (TPSA) is 21.3 Å². The average Bonchev–Trinajstić information content (AvgIpc) is 2.89. The highest BCUT2D eigenvalue weighted by Gasteiger charge is 2.18. The fourth-order valence-electron chi connectivity index (χ4n) is 2.24. The monoisotopic (exact) mass is 283 g/mol. The van der Waals surface area contributed by atoms with Gasteiger partial charge in [-0.1, -0.05) is 13.0 Å². The number of thiophene rings is 1. The van der Waals surface area contributed by atoms with Crippen LogP contribution in [0.25, 0.3) is 0 Å². The van der Waals surface area contributed by atoms with Crippen molar-refractivity contribution in [1.82, 2.24) is 5.32 Å². The van der Waals surface area contributed by atoms with Gasteiger partial charge in [-0.05, 0) is 63.9 Å². The number of nitrogens with one attached hydrogen (secondary N) is 1. The van der Waals surface area contributed by atoms with Crippen LogP contribution in [0.4, 0.5) is 0 Å². The number of rotatable bonds is 10. The molecule has 1 atom stereocenters. The van der Waals surface area contributed by atoms with Gasteiger partial charge in [-0.15, -0.1) is 11.3 Å². The second-order valence-electron chi connectivity index (χ2n) is 5.73. The number of methoxy groups -OCH3 is 1. The molecule has 0 bridgehead atoms. The maximum Gasteiger partial charge on any atom is 0.0623 e. The van der Waals surface area contributed by atoms with Crippen molar-refractivity contribution in [3.05, 3.63) is 22.4 Å². The predicted octanol–water partition coefficient (Wildman–Crippen LogP) is 4.25. The Labute approximate surface area is 122 Å². The maximum absolute atomic E-state index is 5.50. The zero-order valence-electron chi connectivity index (χ0n) is 12.9. The molecular formula is C16H29NOS. The number of ether oxygens (including phenoxy) is 1. The van der Waals surface area contributed by atoms with Crippen molar-refractivity contribution in [2.24, 2.45) is 0 Å². The molecular weight excluding hydrogens is 254 g/mol. The van der Waals surface area contributed by atoms with Crippen LogP contribution in [0.2, 0.25) is 0 Å². The Balaban J connectivity index is 2.27. The first kappa shape index (κ1) is 16.7. The first-order valence-electron chi connectivity index (χ1n) is 7.38. The molecule has 0 radical (unpaired) electrons. The molecule has 0 aromatic carbocycles. The lowest BCUT2D eigenvalue weighted by atomic mass is 9.96. The molecule has 0 saturated carbocycles. The summed E-state index contributed by atoms with van der Waals surface area (Å²) in [6.45, 7) is 7.58. The van der Waals surface area contributed by atoms with Gasteiger partial charge < -0.3 is 10.1 Å². The summed E-state index contributed by atoms with van der Waals surface area (Å²) in [4.78, 5) is 1.51. The smallest absolute Gasteiger partial charge is 0.0623 e. The Morgan fingerprint density at radius 3 is 2.74 bits per heavy atom. The molecule has 1 rings (SSSR count). The summed E-state index contributed by atoms with van der Waals surface area (Å²) in [7, 11) is 1.80. The Kier molecular flexibility index (Phi) is 7.66. The first-order chi connectivity index (χ1) is 9.07. The van der Waals surface area contributed by atoms with Crippen molar-refractivity contribution < 1.29 is 4.74 Å². The first-order valence-corrected chi connectivity index (χ1v) is 8.26. The number of hydrogen-bond donors (Lipinski definition) is 1. The normalized spacial score (nSPS) is 13.7. The van der Waals surface area contributed by atoms with Crippen molar-refractivity contribution in [3.8, 4) is 0 Å². The van der Waals surface area contributed by atoms with Crippen molar-refractivity contribution >= 4 is 11.3 Å². The molecule has 0 spiro atoms. The Morgan fingerprint density at radius 1 is 1.37 bits per heavy atom. The number of aryl methyl sites for hydroxylation is 1. The largest absolute Gasteiger partial charge is 0.379 e. The highest BCUT2D eigenvalue weighted by Crippen LogP contribution is 2.19. The molecule has 0 amide bonds. The van der Waals surface area contributed by atoms with Crippen LogP contribution in [-0.4, -0.2) is 25.3 Å². The highest BCUT2D eigenvalue weighted by atomic mass is 32.1. The van der Waals surface area contributed by atoms with Gasteiger partial charge >= 0.3 is 0 Å². The van der Waals surface area contributed by atoms with Crippen LogP contribution < -0.4 is 5.32 Å². The van der Waals surface area contributed by atoms with E-state index in [0.29, 0.717) is 6.04 Å². The van der Waals surface area contributed by atoms with Gasteiger partial charge in [0, 0.05) is 18.0 Å². The van der Waals surface area contributed by atoms with E-state index in [1.54, 1.807) is 7.11 Å². The standard InChI is InChI=1S/C16H29NOS/c1-5-17-14(11-12-16(2,3)18-4)8-6-9-15-10-7-13-19-15/h7,10,13-14,17H,5-6,8-9,11-12H2,1-4H3. The van der Waals surface area contributed by atoms with Crippen LogP contribution in [-0.2, 0) is 11.2 Å².